The third-order valence-electron chi connectivity index (χ3n) is 3.18. The molecule has 0 spiro atoms. The number of hydrogen-bond acceptors (Lipinski definition) is 4. The second-order valence-electron chi connectivity index (χ2n) is 4.14. The van der Waals surface area contributed by atoms with Gasteiger partial charge in [0, 0.05) is 19.9 Å². The Balaban J connectivity index is 1.92. The van der Waals surface area contributed by atoms with E-state index in [9.17, 15) is 0 Å². The molecule has 0 radical (unpaired) electrons. The van der Waals surface area contributed by atoms with E-state index in [2.05, 4.69) is 10.3 Å². The number of rotatable bonds is 4. The smallest absolute Gasteiger partial charge is 0.126 e. The van der Waals surface area contributed by atoms with Crippen LogP contribution in [-0.4, -0.2) is 24.2 Å². The summed E-state index contributed by atoms with van der Waals surface area (Å²) in [6.45, 7) is 0.780. The molecule has 0 amide bonds. The van der Waals surface area contributed by atoms with Gasteiger partial charge in [0.25, 0.3) is 0 Å². The molecule has 4 heteroatoms. The first-order valence-electron chi connectivity index (χ1n) is 5.43. The van der Waals surface area contributed by atoms with Gasteiger partial charge in [-0.05, 0) is 31.4 Å². The summed E-state index contributed by atoms with van der Waals surface area (Å²) < 4.78 is 5.50. The summed E-state index contributed by atoms with van der Waals surface area (Å²) in [5.41, 5.74) is 0.575. The van der Waals surface area contributed by atoms with E-state index < -0.39 is 0 Å². The summed E-state index contributed by atoms with van der Waals surface area (Å²) >= 11 is 0. The zero-order valence-corrected chi connectivity index (χ0v) is 9.36. The predicted molar refractivity (Wildman–Crippen MR) is 61.0 cm³/mol. The van der Waals surface area contributed by atoms with Crippen LogP contribution in [0.15, 0.2) is 18.3 Å². The SMILES string of the molecule is COC1(CNc2ccc(C#N)cn2)CCC1. The second kappa shape index (κ2) is 4.50. The van der Waals surface area contributed by atoms with Gasteiger partial charge in [0.1, 0.15) is 11.9 Å². The number of ether oxygens (including phenoxy) is 1. The third-order valence-corrected chi connectivity index (χ3v) is 3.18. The van der Waals surface area contributed by atoms with Gasteiger partial charge in [0.05, 0.1) is 11.2 Å². The van der Waals surface area contributed by atoms with Crippen LogP contribution in [0.1, 0.15) is 24.8 Å². The van der Waals surface area contributed by atoms with Gasteiger partial charge in [-0.15, -0.1) is 0 Å². The zero-order chi connectivity index (χ0) is 11.4. The van der Waals surface area contributed by atoms with Crippen LogP contribution in [0.3, 0.4) is 0 Å². The molecule has 16 heavy (non-hydrogen) atoms. The molecule has 0 bridgehead atoms. The Bertz CT molecular complexity index is 384. The standard InChI is InChI=1S/C12H15N3O/c1-16-12(5-2-6-12)9-15-11-4-3-10(7-13)8-14-11/h3-4,8H,2,5-6,9H2,1H3,(H,14,15). The van der Waals surface area contributed by atoms with Crippen LogP contribution in [0, 0.1) is 11.3 Å². The van der Waals surface area contributed by atoms with Gasteiger partial charge in [-0.2, -0.15) is 5.26 Å². The molecule has 0 saturated heterocycles. The highest BCUT2D eigenvalue weighted by Gasteiger charge is 2.36. The van der Waals surface area contributed by atoms with E-state index in [1.807, 2.05) is 12.1 Å². The number of hydrogen-bond donors (Lipinski definition) is 1. The number of nitrogens with one attached hydrogen (secondary N) is 1. The molecule has 0 aromatic carbocycles. The summed E-state index contributed by atoms with van der Waals surface area (Å²) in [6.07, 6.45) is 5.01. The van der Waals surface area contributed by atoms with Crippen LogP contribution in [0.5, 0.6) is 0 Å². The molecule has 1 aromatic rings. The molecule has 1 fully saturated rings. The number of methoxy groups -OCH3 is 1. The van der Waals surface area contributed by atoms with E-state index in [0.717, 1.165) is 25.2 Å². The third kappa shape index (κ3) is 2.15. The average Bonchev–Trinajstić information content (AvgIpc) is 2.29. The first-order chi connectivity index (χ1) is 7.78. The maximum Gasteiger partial charge on any atom is 0.126 e. The van der Waals surface area contributed by atoms with Gasteiger partial charge in [0.15, 0.2) is 0 Å². The Labute approximate surface area is 95.3 Å². The van der Waals surface area contributed by atoms with Gasteiger partial charge < -0.3 is 10.1 Å². The fraction of sp³-hybridized carbons (Fsp3) is 0.500. The Kier molecular flexibility index (Phi) is 3.07. The molecule has 0 unspecified atom stereocenters. The van der Waals surface area contributed by atoms with E-state index in [1.165, 1.54) is 6.42 Å². The van der Waals surface area contributed by atoms with Crippen molar-refractivity contribution in [1.82, 2.24) is 4.98 Å². The van der Waals surface area contributed by atoms with Gasteiger partial charge in [0.2, 0.25) is 0 Å². The van der Waals surface area contributed by atoms with Crippen molar-refractivity contribution in [2.75, 3.05) is 19.0 Å². The normalized spacial score (nSPS) is 17.2. The number of nitrogens with zero attached hydrogens (tertiary/aromatic N) is 2. The van der Waals surface area contributed by atoms with Crippen molar-refractivity contribution in [3.63, 3.8) is 0 Å². The highest BCUT2D eigenvalue weighted by molar-refractivity contribution is 5.39. The molecular weight excluding hydrogens is 202 g/mol. The molecule has 1 saturated carbocycles. The lowest BCUT2D eigenvalue weighted by Gasteiger charge is -2.40. The topological polar surface area (TPSA) is 57.9 Å². The highest BCUT2D eigenvalue weighted by atomic mass is 16.5. The van der Waals surface area contributed by atoms with Crippen molar-refractivity contribution >= 4 is 5.82 Å². The quantitative estimate of drug-likeness (QED) is 0.837. The van der Waals surface area contributed by atoms with Gasteiger partial charge in [-0.25, -0.2) is 4.98 Å². The Morgan fingerprint density at radius 2 is 2.38 bits per heavy atom. The number of aromatic nitrogens is 1. The van der Waals surface area contributed by atoms with Crippen LogP contribution < -0.4 is 5.32 Å². The number of anilines is 1. The van der Waals surface area contributed by atoms with Gasteiger partial charge in [-0.1, -0.05) is 0 Å². The second-order valence-corrected chi connectivity index (χ2v) is 4.14. The van der Waals surface area contributed by atoms with Crippen molar-refractivity contribution in [2.24, 2.45) is 0 Å². The van der Waals surface area contributed by atoms with Gasteiger partial charge in [-0.3, -0.25) is 0 Å². The van der Waals surface area contributed by atoms with E-state index in [4.69, 9.17) is 10.00 Å². The van der Waals surface area contributed by atoms with Crippen molar-refractivity contribution < 1.29 is 4.74 Å². The van der Waals surface area contributed by atoms with Crippen LogP contribution in [-0.2, 0) is 4.74 Å². The highest BCUT2D eigenvalue weighted by Crippen LogP contribution is 2.34. The van der Waals surface area contributed by atoms with Crippen molar-refractivity contribution in [3.05, 3.63) is 23.9 Å². The summed E-state index contributed by atoms with van der Waals surface area (Å²) in [7, 11) is 1.76. The van der Waals surface area contributed by atoms with Crippen LogP contribution in [0.2, 0.25) is 0 Å². The Morgan fingerprint density at radius 1 is 1.56 bits per heavy atom. The average molecular weight is 217 g/mol. The summed E-state index contributed by atoms with van der Waals surface area (Å²) in [6, 6.07) is 5.62. The maximum atomic E-state index is 8.64. The molecule has 0 atom stereocenters. The lowest BCUT2D eigenvalue weighted by atomic mass is 9.80. The minimum Gasteiger partial charge on any atom is -0.376 e. The van der Waals surface area contributed by atoms with Crippen LogP contribution in [0.4, 0.5) is 5.82 Å². The molecule has 1 aliphatic rings. The molecule has 1 aliphatic carbocycles. The lowest BCUT2D eigenvalue weighted by Crippen LogP contribution is -2.45. The predicted octanol–water partition coefficient (Wildman–Crippen LogP) is 1.93. The van der Waals surface area contributed by atoms with E-state index >= 15 is 0 Å². The van der Waals surface area contributed by atoms with Crippen LogP contribution >= 0.6 is 0 Å². The first-order valence-corrected chi connectivity index (χ1v) is 5.43. The molecule has 1 aromatic heterocycles. The molecule has 0 aliphatic heterocycles. The summed E-state index contributed by atoms with van der Waals surface area (Å²) in [5.74, 6) is 0.794. The Morgan fingerprint density at radius 3 is 2.81 bits per heavy atom. The molecule has 1 heterocycles. The largest absolute Gasteiger partial charge is 0.376 e. The monoisotopic (exact) mass is 217 g/mol. The lowest BCUT2D eigenvalue weighted by molar-refractivity contribution is -0.0601. The zero-order valence-electron chi connectivity index (χ0n) is 9.36. The fourth-order valence-electron chi connectivity index (χ4n) is 1.84. The molecule has 1 N–H and O–H groups in total. The Hall–Kier alpha value is -1.60. The minimum absolute atomic E-state index is 0.00438. The molecule has 4 nitrogen and oxygen atoms in total. The summed E-state index contributed by atoms with van der Waals surface area (Å²) in [5, 5.41) is 11.9. The maximum absolute atomic E-state index is 8.64. The molecular formula is C12H15N3O. The van der Waals surface area contributed by atoms with E-state index in [0.29, 0.717) is 5.56 Å². The van der Waals surface area contributed by atoms with E-state index in [-0.39, 0.29) is 5.60 Å². The van der Waals surface area contributed by atoms with E-state index in [1.54, 1.807) is 19.4 Å². The van der Waals surface area contributed by atoms with Crippen molar-refractivity contribution in [3.8, 4) is 6.07 Å². The fourth-order valence-corrected chi connectivity index (χ4v) is 1.84. The number of nitriles is 1. The molecule has 84 valence electrons. The number of pyridine rings is 1. The van der Waals surface area contributed by atoms with Crippen LogP contribution in [0.25, 0.3) is 0 Å². The van der Waals surface area contributed by atoms with Crippen molar-refractivity contribution in [1.29, 1.82) is 5.26 Å². The first kappa shape index (κ1) is 10.9. The minimum atomic E-state index is -0.00438. The molecule has 2 rings (SSSR count). The summed E-state index contributed by atoms with van der Waals surface area (Å²) in [4.78, 5) is 4.16. The van der Waals surface area contributed by atoms with Gasteiger partial charge >= 0.3 is 0 Å². The van der Waals surface area contributed by atoms with Crippen molar-refractivity contribution in [2.45, 2.75) is 24.9 Å².